The molecule has 0 aliphatic carbocycles. The van der Waals surface area contributed by atoms with Gasteiger partial charge in [-0.3, -0.25) is 4.79 Å². The van der Waals surface area contributed by atoms with Gasteiger partial charge in [0.2, 0.25) is 5.91 Å². The van der Waals surface area contributed by atoms with Crippen molar-refractivity contribution in [2.75, 3.05) is 5.32 Å². The summed E-state index contributed by atoms with van der Waals surface area (Å²) in [6.45, 7) is 4.12. The van der Waals surface area contributed by atoms with Crippen molar-refractivity contribution in [2.24, 2.45) is 0 Å². The van der Waals surface area contributed by atoms with Crippen LogP contribution in [0.2, 0.25) is 0 Å². The van der Waals surface area contributed by atoms with Gasteiger partial charge in [0, 0.05) is 29.2 Å². The topological polar surface area (TPSA) is 44.9 Å². The number of carbonyl (C=O) groups excluding carboxylic acids is 1. The zero-order valence-electron chi connectivity index (χ0n) is 12.9. The Kier molecular flexibility index (Phi) is 3.96. The number of nitrogens with one attached hydrogen (secondary N) is 2. The Balaban J connectivity index is 1.65. The Morgan fingerprint density at radius 2 is 1.95 bits per heavy atom. The Morgan fingerprint density at radius 3 is 2.77 bits per heavy atom. The number of aryl methyl sites for hydroxylation is 3. The number of H-pyrrole nitrogens is 1. The van der Waals surface area contributed by atoms with Crippen molar-refractivity contribution in [1.29, 1.82) is 0 Å². The molecule has 0 saturated heterocycles. The van der Waals surface area contributed by atoms with Crippen LogP contribution in [0, 0.1) is 13.8 Å². The molecule has 1 amide bonds. The number of aromatic nitrogens is 1. The van der Waals surface area contributed by atoms with E-state index >= 15 is 0 Å². The third kappa shape index (κ3) is 3.03. The van der Waals surface area contributed by atoms with Crippen molar-refractivity contribution in [3.8, 4) is 0 Å². The highest BCUT2D eigenvalue weighted by Crippen LogP contribution is 2.19. The number of benzene rings is 2. The maximum Gasteiger partial charge on any atom is 0.224 e. The van der Waals surface area contributed by atoms with Gasteiger partial charge in [-0.05, 0) is 61.2 Å². The van der Waals surface area contributed by atoms with Crippen LogP contribution < -0.4 is 5.32 Å². The zero-order chi connectivity index (χ0) is 15.5. The molecule has 2 aromatic carbocycles. The van der Waals surface area contributed by atoms with Crippen LogP contribution in [0.25, 0.3) is 10.9 Å². The molecular formula is C19H20N2O. The average molecular weight is 292 g/mol. The van der Waals surface area contributed by atoms with Gasteiger partial charge in [0.05, 0.1) is 0 Å². The molecule has 22 heavy (non-hydrogen) atoms. The lowest BCUT2D eigenvalue weighted by molar-refractivity contribution is -0.116. The summed E-state index contributed by atoms with van der Waals surface area (Å²) in [4.78, 5) is 15.3. The van der Waals surface area contributed by atoms with Crippen LogP contribution >= 0.6 is 0 Å². The monoisotopic (exact) mass is 292 g/mol. The van der Waals surface area contributed by atoms with Gasteiger partial charge in [-0.15, -0.1) is 0 Å². The maximum absolute atomic E-state index is 12.1. The van der Waals surface area contributed by atoms with Gasteiger partial charge in [-0.1, -0.05) is 18.2 Å². The predicted molar refractivity (Wildman–Crippen MR) is 91.2 cm³/mol. The van der Waals surface area contributed by atoms with Crippen LogP contribution in [0.5, 0.6) is 0 Å². The number of aromatic amines is 1. The van der Waals surface area contributed by atoms with Gasteiger partial charge >= 0.3 is 0 Å². The summed E-state index contributed by atoms with van der Waals surface area (Å²) in [6, 6.07) is 14.2. The molecule has 3 rings (SSSR count). The summed E-state index contributed by atoms with van der Waals surface area (Å²) in [5, 5.41) is 4.17. The lowest BCUT2D eigenvalue weighted by Crippen LogP contribution is -2.12. The van der Waals surface area contributed by atoms with E-state index in [0.717, 1.165) is 17.6 Å². The minimum atomic E-state index is 0.0517. The van der Waals surface area contributed by atoms with E-state index in [9.17, 15) is 4.79 Å². The summed E-state index contributed by atoms with van der Waals surface area (Å²) < 4.78 is 0. The highest BCUT2D eigenvalue weighted by Gasteiger charge is 2.07. The fraction of sp³-hybridized carbons (Fsp3) is 0.211. The fourth-order valence-electron chi connectivity index (χ4n) is 2.66. The largest absolute Gasteiger partial charge is 0.361 e. The van der Waals surface area contributed by atoms with Crippen molar-refractivity contribution >= 4 is 22.5 Å². The molecule has 0 fully saturated rings. The van der Waals surface area contributed by atoms with Crippen LogP contribution in [0.15, 0.2) is 48.7 Å². The number of amides is 1. The number of anilines is 1. The molecule has 0 atom stereocenters. The molecule has 1 heterocycles. The number of fused-ring (bicyclic) bond motifs is 1. The average Bonchev–Trinajstić information content (AvgIpc) is 2.98. The Hall–Kier alpha value is -2.55. The van der Waals surface area contributed by atoms with Gasteiger partial charge in [0.15, 0.2) is 0 Å². The van der Waals surface area contributed by atoms with E-state index < -0.39 is 0 Å². The van der Waals surface area contributed by atoms with E-state index in [4.69, 9.17) is 0 Å². The normalized spacial score (nSPS) is 10.8. The molecule has 0 radical (unpaired) electrons. The van der Waals surface area contributed by atoms with Crippen molar-refractivity contribution in [2.45, 2.75) is 26.7 Å². The van der Waals surface area contributed by atoms with E-state index in [1.54, 1.807) is 0 Å². The van der Waals surface area contributed by atoms with Crippen molar-refractivity contribution in [1.82, 2.24) is 4.98 Å². The lowest BCUT2D eigenvalue weighted by Gasteiger charge is -2.08. The summed E-state index contributed by atoms with van der Waals surface area (Å²) in [6.07, 6.45) is 3.16. The van der Waals surface area contributed by atoms with E-state index in [1.165, 1.54) is 22.1 Å². The standard InChI is InChI=1S/C19H20N2O/c1-13-6-8-16(12-14(13)2)21-19(22)9-7-15-4-3-5-18-17(15)10-11-20-18/h3-6,8,10-12,20H,7,9H2,1-2H3,(H,21,22). The summed E-state index contributed by atoms with van der Waals surface area (Å²) >= 11 is 0. The number of hydrogen-bond acceptors (Lipinski definition) is 1. The molecule has 2 N–H and O–H groups in total. The van der Waals surface area contributed by atoms with Gasteiger partial charge in [-0.2, -0.15) is 0 Å². The minimum absolute atomic E-state index is 0.0517. The van der Waals surface area contributed by atoms with Crippen LogP contribution in [-0.2, 0) is 11.2 Å². The van der Waals surface area contributed by atoms with Crippen LogP contribution in [0.1, 0.15) is 23.1 Å². The minimum Gasteiger partial charge on any atom is -0.361 e. The molecular weight excluding hydrogens is 272 g/mol. The smallest absolute Gasteiger partial charge is 0.224 e. The summed E-state index contributed by atoms with van der Waals surface area (Å²) in [5.74, 6) is 0.0517. The van der Waals surface area contributed by atoms with Crippen LogP contribution in [0.4, 0.5) is 5.69 Å². The number of carbonyl (C=O) groups is 1. The molecule has 112 valence electrons. The maximum atomic E-state index is 12.1. The van der Waals surface area contributed by atoms with E-state index in [2.05, 4.69) is 36.3 Å². The second-order valence-corrected chi connectivity index (χ2v) is 5.70. The summed E-state index contributed by atoms with van der Waals surface area (Å²) in [5.41, 5.74) is 5.61. The highest BCUT2D eigenvalue weighted by atomic mass is 16.1. The van der Waals surface area contributed by atoms with Crippen molar-refractivity contribution < 1.29 is 4.79 Å². The number of hydrogen-bond donors (Lipinski definition) is 2. The molecule has 0 bridgehead atoms. The van der Waals surface area contributed by atoms with E-state index in [0.29, 0.717) is 6.42 Å². The Labute approximate surface area is 130 Å². The molecule has 0 unspecified atom stereocenters. The Morgan fingerprint density at radius 1 is 1.09 bits per heavy atom. The van der Waals surface area contributed by atoms with Gasteiger partial charge in [-0.25, -0.2) is 0 Å². The predicted octanol–water partition coefficient (Wildman–Crippen LogP) is 4.36. The quantitative estimate of drug-likeness (QED) is 0.737. The van der Waals surface area contributed by atoms with Gasteiger partial charge < -0.3 is 10.3 Å². The molecule has 0 aliphatic rings. The third-order valence-electron chi connectivity index (χ3n) is 4.10. The second-order valence-electron chi connectivity index (χ2n) is 5.70. The van der Waals surface area contributed by atoms with Crippen LogP contribution in [-0.4, -0.2) is 10.9 Å². The first-order chi connectivity index (χ1) is 10.6. The Bertz CT molecular complexity index is 817. The van der Waals surface area contributed by atoms with Crippen molar-refractivity contribution in [3.63, 3.8) is 0 Å². The van der Waals surface area contributed by atoms with Gasteiger partial charge in [0.25, 0.3) is 0 Å². The zero-order valence-corrected chi connectivity index (χ0v) is 12.9. The lowest BCUT2D eigenvalue weighted by atomic mass is 10.0. The molecule has 3 nitrogen and oxygen atoms in total. The van der Waals surface area contributed by atoms with E-state index in [1.807, 2.05) is 36.5 Å². The molecule has 1 aromatic heterocycles. The molecule has 3 heteroatoms. The third-order valence-corrected chi connectivity index (χ3v) is 4.10. The molecule has 0 aliphatic heterocycles. The first kappa shape index (κ1) is 14.4. The first-order valence-electron chi connectivity index (χ1n) is 7.55. The number of rotatable bonds is 4. The highest BCUT2D eigenvalue weighted by molar-refractivity contribution is 5.91. The van der Waals surface area contributed by atoms with Gasteiger partial charge in [0.1, 0.15) is 0 Å². The molecule has 0 spiro atoms. The first-order valence-corrected chi connectivity index (χ1v) is 7.55. The SMILES string of the molecule is Cc1ccc(NC(=O)CCc2cccc3[nH]ccc23)cc1C. The van der Waals surface area contributed by atoms with E-state index in [-0.39, 0.29) is 5.91 Å². The van der Waals surface area contributed by atoms with Crippen LogP contribution in [0.3, 0.4) is 0 Å². The summed E-state index contributed by atoms with van der Waals surface area (Å²) in [7, 11) is 0. The molecule has 3 aromatic rings. The second kappa shape index (κ2) is 6.06. The fourth-order valence-corrected chi connectivity index (χ4v) is 2.66. The van der Waals surface area contributed by atoms with Crippen molar-refractivity contribution in [3.05, 3.63) is 65.4 Å². The molecule has 0 saturated carbocycles.